The van der Waals surface area contributed by atoms with Gasteiger partial charge in [0.15, 0.2) is 0 Å². The van der Waals surface area contributed by atoms with Crippen molar-refractivity contribution in [2.45, 2.75) is 26.6 Å². The van der Waals surface area contributed by atoms with E-state index in [4.69, 9.17) is 0 Å². The molecule has 3 rings (SSSR count). The number of anilines is 1. The van der Waals surface area contributed by atoms with E-state index in [2.05, 4.69) is 10.4 Å². The van der Waals surface area contributed by atoms with Crippen molar-refractivity contribution in [2.75, 3.05) is 5.32 Å². The molecule has 3 aromatic rings. The maximum absolute atomic E-state index is 13.0. The van der Waals surface area contributed by atoms with Crippen molar-refractivity contribution in [1.29, 1.82) is 0 Å². The molecule has 1 N–H and O–H groups in total. The average Bonchev–Trinajstić information content (AvgIpc) is 2.90. The Morgan fingerprint density at radius 2 is 1.79 bits per heavy atom. The molecule has 8 heteroatoms. The van der Waals surface area contributed by atoms with Crippen LogP contribution in [0.3, 0.4) is 0 Å². The minimum absolute atomic E-state index is 0.0973. The van der Waals surface area contributed by atoms with Gasteiger partial charge in [0.25, 0.3) is 5.91 Å². The van der Waals surface area contributed by atoms with Gasteiger partial charge in [-0.1, -0.05) is 18.2 Å². The molecule has 0 atom stereocenters. The van der Waals surface area contributed by atoms with E-state index in [1.807, 2.05) is 0 Å². The summed E-state index contributed by atoms with van der Waals surface area (Å²) < 4.78 is 53.2. The van der Waals surface area contributed by atoms with Gasteiger partial charge in [0, 0.05) is 5.56 Å². The molecule has 1 aromatic heterocycles. The number of amides is 1. The molecule has 4 nitrogen and oxygen atoms in total. The number of benzene rings is 2. The molecule has 0 saturated carbocycles. The molecular formula is C20H17F4N3O. The smallest absolute Gasteiger partial charge is 0.319 e. The molecule has 28 heavy (non-hydrogen) atoms. The number of aryl methyl sites for hydroxylation is 1. The van der Waals surface area contributed by atoms with Gasteiger partial charge in [-0.05, 0) is 49.7 Å². The maximum Gasteiger partial charge on any atom is 0.416 e. The summed E-state index contributed by atoms with van der Waals surface area (Å²) in [5, 5.41) is 7.00. The largest absolute Gasteiger partial charge is 0.416 e. The molecule has 0 aliphatic rings. The molecule has 2 aromatic carbocycles. The van der Waals surface area contributed by atoms with Gasteiger partial charge < -0.3 is 5.32 Å². The second-order valence-corrected chi connectivity index (χ2v) is 6.36. The van der Waals surface area contributed by atoms with E-state index in [0.29, 0.717) is 23.6 Å². The minimum atomic E-state index is -4.53. The molecule has 1 amide bonds. The lowest BCUT2D eigenvalue weighted by atomic mass is 10.1. The number of rotatable bonds is 4. The fourth-order valence-electron chi connectivity index (χ4n) is 2.82. The van der Waals surface area contributed by atoms with Crippen molar-refractivity contribution in [2.24, 2.45) is 0 Å². The number of nitrogens with one attached hydrogen (secondary N) is 1. The topological polar surface area (TPSA) is 46.9 Å². The van der Waals surface area contributed by atoms with Crippen LogP contribution in [0.1, 0.15) is 32.9 Å². The standard InChI is InChI=1S/C20H17F4N3O/c1-12-18(13(2)27(26-12)11-14-6-8-17(21)9-7-14)25-19(28)15-4-3-5-16(10-15)20(22,23)24/h3-10H,11H2,1-2H3,(H,25,28). The zero-order valence-corrected chi connectivity index (χ0v) is 15.1. The summed E-state index contributed by atoms with van der Waals surface area (Å²) >= 11 is 0. The number of nitrogens with zero attached hydrogens (tertiary/aromatic N) is 2. The third kappa shape index (κ3) is 4.21. The van der Waals surface area contributed by atoms with Crippen molar-refractivity contribution in [1.82, 2.24) is 9.78 Å². The summed E-state index contributed by atoms with van der Waals surface area (Å²) in [6.07, 6.45) is -4.53. The second kappa shape index (κ2) is 7.46. The number of hydrogen-bond acceptors (Lipinski definition) is 2. The number of carbonyl (C=O) groups excluding carboxylic acids is 1. The summed E-state index contributed by atoms with van der Waals surface area (Å²) in [6, 6.07) is 10.2. The Bertz CT molecular complexity index is 1010. The van der Waals surface area contributed by atoms with Crippen LogP contribution in [0.25, 0.3) is 0 Å². The summed E-state index contributed by atoms with van der Waals surface area (Å²) in [5.74, 6) is -0.996. The normalized spacial score (nSPS) is 11.5. The van der Waals surface area contributed by atoms with Crippen molar-refractivity contribution in [3.63, 3.8) is 0 Å². The average molecular weight is 391 g/mol. The first-order chi connectivity index (χ1) is 13.1. The summed E-state index contributed by atoms with van der Waals surface area (Å²) in [4.78, 5) is 12.4. The van der Waals surface area contributed by atoms with Crippen molar-refractivity contribution in [3.05, 3.63) is 82.4 Å². The third-order valence-corrected chi connectivity index (χ3v) is 4.32. The minimum Gasteiger partial charge on any atom is -0.319 e. The molecule has 0 aliphatic heterocycles. The van der Waals surface area contributed by atoms with E-state index < -0.39 is 17.6 Å². The van der Waals surface area contributed by atoms with E-state index in [1.54, 1.807) is 30.7 Å². The third-order valence-electron chi connectivity index (χ3n) is 4.32. The van der Waals surface area contributed by atoms with Crippen molar-refractivity contribution < 1.29 is 22.4 Å². The molecule has 0 spiro atoms. The lowest BCUT2D eigenvalue weighted by molar-refractivity contribution is -0.137. The van der Waals surface area contributed by atoms with Crippen LogP contribution in [0.15, 0.2) is 48.5 Å². The van der Waals surface area contributed by atoms with Crippen LogP contribution < -0.4 is 5.32 Å². The van der Waals surface area contributed by atoms with Crippen LogP contribution in [0.5, 0.6) is 0 Å². The monoisotopic (exact) mass is 391 g/mol. The highest BCUT2D eigenvalue weighted by Crippen LogP contribution is 2.30. The van der Waals surface area contributed by atoms with Crippen LogP contribution in [0.4, 0.5) is 23.2 Å². The van der Waals surface area contributed by atoms with Crippen LogP contribution in [-0.4, -0.2) is 15.7 Å². The Hall–Kier alpha value is -3.16. The first-order valence-electron chi connectivity index (χ1n) is 8.42. The van der Waals surface area contributed by atoms with Crippen molar-refractivity contribution in [3.8, 4) is 0 Å². The van der Waals surface area contributed by atoms with Gasteiger partial charge in [-0.25, -0.2) is 4.39 Å². The molecule has 0 bridgehead atoms. The highest BCUT2D eigenvalue weighted by atomic mass is 19.4. The second-order valence-electron chi connectivity index (χ2n) is 6.36. The highest BCUT2D eigenvalue weighted by Gasteiger charge is 2.31. The Morgan fingerprint density at radius 1 is 1.11 bits per heavy atom. The predicted molar refractivity (Wildman–Crippen MR) is 96.6 cm³/mol. The van der Waals surface area contributed by atoms with Gasteiger partial charge in [0.05, 0.1) is 29.2 Å². The Morgan fingerprint density at radius 3 is 2.43 bits per heavy atom. The van der Waals surface area contributed by atoms with E-state index in [-0.39, 0.29) is 11.4 Å². The Labute approximate surface area is 158 Å². The number of alkyl halides is 3. The van der Waals surface area contributed by atoms with Crippen LogP contribution in [-0.2, 0) is 12.7 Å². The fraction of sp³-hybridized carbons (Fsp3) is 0.200. The van der Waals surface area contributed by atoms with Crippen LogP contribution in [0.2, 0.25) is 0 Å². The zero-order valence-electron chi connectivity index (χ0n) is 15.1. The van der Waals surface area contributed by atoms with Gasteiger partial charge in [0.2, 0.25) is 0 Å². The predicted octanol–water partition coefficient (Wildman–Crippen LogP) is 4.96. The number of hydrogen-bond donors (Lipinski definition) is 1. The number of aromatic nitrogens is 2. The van der Waals surface area contributed by atoms with Gasteiger partial charge in [-0.2, -0.15) is 18.3 Å². The first kappa shape index (κ1) is 19.6. The van der Waals surface area contributed by atoms with Gasteiger partial charge in [-0.3, -0.25) is 9.48 Å². The quantitative estimate of drug-likeness (QED) is 0.639. The lowest BCUT2D eigenvalue weighted by Gasteiger charge is -2.10. The van der Waals surface area contributed by atoms with Crippen molar-refractivity contribution >= 4 is 11.6 Å². The van der Waals surface area contributed by atoms with Gasteiger partial charge in [-0.15, -0.1) is 0 Å². The van der Waals surface area contributed by atoms with E-state index >= 15 is 0 Å². The molecule has 146 valence electrons. The lowest BCUT2D eigenvalue weighted by Crippen LogP contribution is -2.15. The maximum atomic E-state index is 13.0. The molecule has 0 unspecified atom stereocenters. The zero-order chi connectivity index (χ0) is 20.5. The Kier molecular flexibility index (Phi) is 5.22. The highest BCUT2D eigenvalue weighted by molar-refractivity contribution is 6.05. The van der Waals surface area contributed by atoms with E-state index in [1.165, 1.54) is 24.3 Å². The fourth-order valence-corrected chi connectivity index (χ4v) is 2.82. The van der Waals surface area contributed by atoms with Crippen LogP contribution in [0, 0.1) is 19.7 Å². The summed E-state index contributed by atoms with van der Waals surface area (Å²) in [6.45, 7) is 3.80. The molecular weight excluding hydrogens is 374 g/mol. The molecule has 1 heterocycles. The molecule has 0 saturated heterocycles. The summed E-state index contributed by atoms with van der Waals surface area (Å²) in [7, 11) is 0. The van der Waals surface area contributed by atoms with Gasteiger partial charge in [0.1, 0.15) is 5.82 Å². The first-order valence-corrected chi connectivity index (χ1v) is 8.42. The van der Waals surface area contributed by atoms with Crippen LogP contribution >= 0.6 is 0 Å². The molecule has 0 aliphatic carbocycles. The van der Waals surface area contributed by atoms with E-state index in [9.17, 15) is 22.4 Å². The molecule has 0 fully saturated rings. The number of carbonyl (C=O) groups is 1. The molecule has 0 radical (unpaired) electrons. The Balaban J connectivity index is 1.82. The van der Waals surface area contributed by atoms with E-state index in [0.717, 1.165) is 17.7 Å². The SMILES string of the molecule is Cc1nn(Cc2ccc(F)cc2)c(C)c1NC(=O)c1cccc(C(F)(F)F)c1. The number of halogens is 4. The van der Waals surface area contributed by atoms with Gasteiger partial charge >= 0.3 is 6.18 Å². The summed E-state index contributed by atoms with van der Waals surface area (Å²) in [5.41, 5.74) is 1.44.